The first kappa shape index (κ1) is 19.7. The lowest BCUT2D eigenvalue weighted by molar-refractivity contribution is -0.123. The molecule has 1 saturated heterocycles. The predicted molar refractivity (Wildman–Crippen MR) is 109 cm³/mol. The van der Waals surface area contributed by atoms with Crippen LogP contribution in [-0.4, -0.2) is 46.5 Å². The zero-order chi connectivity index (χ0) is 19.4. The third-order valence-corrected chi connectivity index (χ3v) is 5.68. The van der Waals surface area contributed by atoms with Crippen LogP contribution < -0.4 is 9.64 Å². The summed E-state index contributed by atoms with van der Waals surface area (Å²) in [5.74, 6) is 2.16. The lowest BCUT2D eigenvalue weighted by Gasteiger charge is -2.28. The highest BCUT2D eigenvalue weighted by Crippen LogP contribution is 2.33. The first-order valence-electron chi connectivity index (χ1n) is 9.41. The third-order valence-electron chi connectivity index (χ3n) is 4.75. The molecule has 0 bridgehead atoms. The lowest BCUT2D eigenvalue weighted by atomic mass is 9.92. The van der Waals surface area contributed by atoms with Crippen molar-refractivity contribution in [1.82, 2.24) is 14.8 Å². The number of nitrogens with zero attached hydrogens (tertiary/aromatic N) is 4. The van der Waals surface area contributed by atoms with Crippen LogP contribution in [0.15, 0.2) is 29.4 Å². The predicted octanol–water partition coefficient (Wildman–Crippen LogP) is 3.97. The lowest BCUT2D eigenvalue weighted by Crippen LogP contribution is -2.31. The monoisotopic (exact) mass is 388 g/mol. The molecule has 1 aliphatic rings. The zero-order valence-electron chi connectivity index (χ0n) is 16.6. The number of aromatic nitrogens is 3. The van der Waals surface area contributed by atoms with Crippen LogP contribution in [0.3, 0.4) is 0 Å². The van der Waals surface area contributed by atoms with Gasteiger partial charge in [-0.15, -0.1) is 10.2 Å². The second kappa shape index (κ2) is 8.33. The number of rotatable bonds is 6. The Morgan fingerprint density at radius 2 is 1.85 bits per heavy atom. The first-order chi connectivity index (χ1) is 12.9. The van der Waals surface area contributed by atoms with Gasteiger partial charge in [-0.3, -0.25) is 9.36 Å². The van der Waals surface area contributed by atoms with Crippen LogP contribution in [0.2, 0.25) is 0 Å². The van der Waals surface area contributed by atoms with E-state index in [-0.39, 0.29) is 11.2 Å². The summed E-state index contributed by atoms with van der Waals surface area (Å²) in [5, 5.41) is 9.63. The summed E-state index contributed by atoms with van der Waals surface area (Å²) in [6.07, 6.45) is 3.56. The summed E-state index contributed by atoms with van der Waals surface area (Å²) in [7, 11) is 1.67. The summed E-state index contributed by atoms with van der Waals surface area (Å²) in [4.78, 5) is 14.7. The Morgan fingerprint density at radius 1 is 1.15 bits per heavy atom. The van der Waals surface area contributed by atoms with Gasteiger partial charge in [-0.2, -0.15) is 0 Å². The molecule has 1 fully saturated rings. The van der Waals surface area contributed by atoms with E-state index in [0.29, 0.717) is 5.75 Å². The Labute approximate surface area is 165 Å². The van der Waals surface area contributed by atoms with Gasteiger partial charge in [-0.1, -0.05) is 44.7 Å². The van der Waals surface area contributed by atoms with E-state index in [9.17, 15) is 4.79 Å². The van der Waals surface area contributed by atoms with E-state index in [4.69, 9.17) is 4.74 Å². The summed E-state index contributed by atoms with van der Waals surface area (Å²) < 4.78 is 7.61. The first-order valence-corrected chi connectivity index (χ1v) is 10.4. The van der Waals surface area contributed by atoms with Gasteiger partial charge in [0, 0.05) is 18.5 Å². The Balaban J connectivity index is 1.98. The number of Topliss-reactive ketones (excluding diaryl/α,β-unsaturated/α-hetero) is 1. The maximum Gasteiger partial charge on any atom is 0.232 e. The molecule has 0 spiro atoms. The Hall–Kier alpha value is -2.02. The molecule has 7 heteroatoms. The normalized spacial score (nSPS) is 15.0. The summed E-state index contributed by atoms with van der Waals surface area (Å²) in [6.45, 7) is 7.78. The number of ketones is 1. The van der Waals surface area contributed by atoms with Crippen molar-refractivity contribution in [3.05, 3.63) is 24.3 Å². The number of benzene rings is 1. The molecular weight excluding hydrogens is 360 g/mol. The van der Waals surface area contributed by atoms with Crippen molar-refractivity contribution in [3.63, 3.8) is 0 Å². The highest BCUT2D eigenvalue weighted by molar-refractivity contribution is 7.99. The molecule has 0 atom stereocenters. The van der Waals surface area contributed by atoms with E-state index in [1.54, 1.807) is 7.11 Å². The number of carbonyl (C=O) groups is 1. The Morgan fingerprint density at radius 3 is 2.52 bits per heavy atom. The number of para-hydroxylation sites is 2. The van der Waals surface area contributed by atoms with Gasteiger partial charge in [-0.25, -0.2) is 0 Å². The molecule has 0 aliphatic carbocycles. The van der Waals surface area contributed by atoms with Crippen LogP contribution in [0.1, 0.15) is 40.0 Å². The molecule has 1 aromatic carbocycles. The quantitative estimate of drug-likeness (QED) is 0.698. The highest BCUT2D eigenvalue weighted by Gasteiger charge is 2.26. The molecule has 6 nitrogen and oxygen atoms in total. The minimum Gasteiger partial charge on any atom is -0.495 e. The van der Waals surface area contributed by atoms with Crippen molar-refractivity contribution in [2.24, 2.45) is 5.41 Å². The van der Waals surface area contributed by atoms with Gasteiger partial charge in [0.1, 0.15) is 11.5 Å². The number of methoxy groups -OCH3 is 1. The molecule has 146 valence electrons. The van der Waals surface area contributed by atoms with Gasteiger partial charge in [0.25, 0.3) is 0 Å². The van der Waals surface area contributed by atoms with Gasteiger partial charge in [0.05, 0.1) is 18.6 Å². The van der Waals surface area contributed by atoms with Gasteiger partial charge in [0.15, 0.2) is 5.16 Å². The van der Waals surface area contributed by atoms with Crippen LogP contribution in [0.25, 0.3) is 5.69 Å². The number of piperidine rings is 1. The molecule has 1 aliphatic heterocycles. The molecule has 1 aromatic heterocycles. The highest BCUT2D eigenvalue weighted by atomic mass is 32.2. The van der Waals surface area contributed by atoms with E-state index >= 15 is 0 Å². The molecule has 2 aromatic rings. The Bertz CT molecular complexity index is 792. The maximum absolute atomic E-state index is 12.4. The van der Waals surface area contributed by atoms with Crippen LogP contribution in [0, 0.1) is 5.41 Å². The number of hydrogen-bond donors (Lipinski definition) is 0. The molecule has 0 radical (unpaired) electrons. The average molecular weight is 389 g/mol. The van der Waals surface area contributed by atoms with E-state index in [2.05, 4.69) is 15.1 Å². The minimum atomic E-state index is -0.363. The summed E-state index contributed by atoms with van der Waals surface area (Å²) >= 11 is 1.44. The Kier molecular flexibility index (Phi) is 6.09. The van der Waals surface area contributed by atoms with Crippen LogP contribution >= 0.6 is 11.8 Å². The number of thioether (sulfide) groups is 1. The van der Waals surface area contributed by atoms with Crippen molar-refractivity contribution in [2.45, 2.75) is 45.2 Å². The molecule has 0 amide bonds. The van der Waals surface area contributed by atoms with E-state index in [1.165, 1.54) is 18.2 Å². The standard InChI is InChI=1S/C20H28N4O2S/c1-20(2,3)17(25)14-27-19-22-21-18(23-12-8-5-9-13-23)24(19)15-10-6-7-11-16(15)26-4/h6-7,10-11H,5,8-9,12-14H2,1-4H3. The molecule has 0 saturated carbocycles. The fourth-order valence-corrected chi connectivity index (χ4v) is 4.13. The molecule has 2 heterocycles. The summed E-state index contributed by atoms with van der Waals surface area (Å²) in [5.41, 5.74) is 0.536. The average Bonchev–Trinajstić information content (AvgIpc) is 3.09. The number of ether oxygens (including phenoxy) is 1. The molecule has 0 N–H and O–H groups in total. The molecule has 3 rings (SSSR count). The van der Waals surface area contributed by atoms with Crippen molar-refractivity contribution < 1.29 is 9.53 Å². The van der Waals surface area contributed by atoms with Crippen molar-refractivity contribution in [2.75, 3.05) is 30.9 Å². The van der Waals surface area contributed by atoms with Crippen LogP contribution in [-0.2, 0) is 4.79 Å². The van der Waals surface area contributed by atoms with Gasteiger partial charge in [0.2, 0.25) is 5.95 Å². The van der Waals surface area contributed by atoms with Crippen molar-refractivity contribution in [1.29, 1.82) is 0 Å². The third kappa shape index (κ3) is 4.46. The van der Waals surface area contributed by atoms with E-state index in [0.717, 1.165) is 48.5 Å². The summed E-state index contributed by atoms with van der Waals surface area (Å²) in [6, 6.07) is 7.87. The number of hydrogen-bond acceptors (Lipinski definition) is 6. The smallest absolute Gasteiger partial charge is 0.232 e. The van der Waals surface area contributed by atoms with Gasteiger partial charge in [-0.05, 0) is 31.4 Å². The van der Waals surface area contributed by atoms with E-state index < -0.39 is 0 Å². The van der Waals surface area contributed by atoms with Crippen molar-refractivity contribution >= 4 is 23.5 Å². The second-order valence-electron chi connectivity index (χ2n) is 7.80. The van der Waals surface area contributed by atoms with Crippen LogP contribution in [0.4, 0.5) is 5.95 Å². The molecule has 0 unspecified atom stereocenters. The number of carbonyl (C=O) groups excluding carboxylic acids is 1. The van der Waals surface area contributed by atoms with E-state index in [1.807, 2.05) is 49.6 Å². The fourth-order valence-electron chi connectivity index (χ4n) is 3.03. The van der Waals surface area contributed by atoms with Gasteiger partial charge < -0.3 is 9.64 Å². The number of anilines is 1. The fraction of sp³-hybridized carbons (Fsp3) is 0.550. The molecular formula is C20H28N4O2S. The second-order valence-corrected chi connectivity index (χ2v) is 8.74. The zero-order valence-corrected chi connectivity index (χ0v) is 17.4. The maximum atomic E-state index is 12.4. The minimum absolute atomic E-state index is 0.196. The SMILES string of the molecule is COc1ccccc1-n1c(SCC(=O)C(C)(C)C)nnc1N1CCCCC1. The topological polar surface area (TPSA) is 60.3 Å². The van der Waals surface area contributed by atoms with Crippen LogP contribution in [0.5, 0.6) is 5.75 Å². The molecule has 27 heavy (non-hydrogen) atoms. The van der Waals surface area contributed by atoms with Gasteiger partial charge >= 0.3 is 0 Å². The largest absolute Gasteiger partial charge is 0.495 e. The van der Waals surface area contributed by atoms with Crippen molar-refractivity contribution in [3.8, 4) is 11.4 Å².